The Hall–Kier alpha value is 2.00. The topological polar surface area (TPSA) is 0 Å². The van der Waals surface area contributed by atoms with Gasteiger partial charge in [0.2, 0.25) is 0 Å². The van der Waals surface area contributed by atoms with Crippen molar-refractivity contribution in [3.05, 3.63) is 6.92 Å². The molecular weight excluding hydrogens is 166 g/mol. The summed E-state index contributed by atoms with van der Waals surface area (Å²) in [5.74, 6) is 0. The molecule has 2 heteroatoms. The molecule has 0 unspecified atom stereocenters. The SMILES string of the molecule is [CH2]CCCCCCCCC.[NaH].[NaH]. The van der Waals surface area contributed by atoms with Crippen LogP contribution in [0.5, 0.6) is 0 Å². The van der Waals surface area contributed by atoms with Crippen molar-refractivity contribution < 1.29 is 0 Å². The van der Waals surface area contributed by atoms with E-state index in [0.29, 0.717) is 0 Å². The molecule has 0 N–H and O–H groups in total. The summed E-state index contributed by atoms with van der Waals surface area (Å²) in [6, 6.07) is 0. The van der Waals surface area contributed by atoms with Crippen LogP contribution in [0.25, 0.3) is 0 Å². The van der Waals surface area contributed by atoms with Gasteiger partial charge in [0.1, 0.15) is 0 Å². The molecule has 1 radical (unpaired) electrons. The molecule has 12 heavy (non-hydrogen) atoms. The van der Waals surface area contributed by atoms with Crippen LogP contribution in [-0.4, -0.2) is 59.1 Å². The van der Waals surface area contributed by atoms with Crippen molar-refractivity contribution in [2.75, 3.05) is 0 Å². The molecule has 65 valence electrons. The molecule has 0 amide bonds. The minimum absolute atomic E-state index is 0. The van der Waals surface area contributed by atoms with Crippen LogP contribution in [0.15, 0.2) is 0 Å². The monoisotopic (exact) mass is 189 g/mol. The summed E-state index contributed by atoms with van der Waals surface area (Å²) >= 11 is 0. The molecule has 0 spiro atoms. The first-order valence-corrected chi connectivity index (χ1v) is 4.71. The molecule has 0 heterocycles. The number of unbranched alkanes of at least 4 members (excludes halogenated alkanes) is 7. The van der Waals surface area contributed by atoms with Gasteiger partial charge in [-0.3, -0.25) is 0 Å². The second kappa shape index (κ2) is 18.7. The molecule has 0 rings (SSSR count). The maximum atomic E-state index is 3.82. The number of rotatable bonds is 7. The van der Waals surface area contributed by atoms with Crippen LogP contribution in [0.1, 0.15) is 58.3 Å². The normalized spacial score (nSPS) is 8.50. The molecule has 0 atom stereocenters. The van der Waals surface area contributed by atoms with E-state index >= 15 is 0 Å². The third-order valence-corrected chi connectivity index (χ3v) is 1.85. The quantitative estimate of drug-likeness (QED) is 0.426. The van der Waals surface area contributed by atoms with Gasteiger partial charge in [-0.05, 0) is 0 Å². The van der Waals surface area contributed by atoms with E-state index in [-0.39, 0.29) is 59.1 Å². The van der Waals surface area contributed by atoms with E-state index in [1.807, 2.05) is 0 Å². The Balaban J connectivity index is -0.000000405. The Morgan fingerprint density at radius 2 is 1.17 bits per heavy atom. The molecule has 0 saturated carbocycles. The Labute approximate surface area is 123 Å². The van der Waals surface area contributed by atoms with E-state index in [1.54, 1.807) is 0 Å². The van der Waals surface area contributed by atoms with E-state index in [9.17, 15) is 0 Å². The summed E-state index contributed by atoms with van der Waals surface area (Å²) in [5, 5.41) is 0. The maximum absolute atomic E-state index is 3.82. The summed E-state index contributed by atoms with van der Waals surface area (Å²) in [6.45, 7) is 6.08. The predicted molar refractivity (Wildman–Crippen MR) is 62.3 cm³/mol. The van der Waals surface area contributed by atoms with Crippen molar-refractivity contribution in [2.24, 2.45) is 0 Å². The Bertz CT molecular complexity index is 47.8. The van der Waals surface area contributed by atoms with Gasteiger partial charge >= 0.3 is 59.1 Å². The Morgan fingerprint density at radius 1 is 0.750 bits per heavy atom. The van der Waals surface area contributed by atoms with Crippen LogP contribution in [-0.2, 0) is 0 Å². The summed E-state index contributed by atoms with van der Waals surface area (Å²) in [5.41, 5.74) is 0. The first kappa shape index (κ1) is 19.6. The van der Waals surface area contributed by atoms with Crippen molar-refractivity contribution in [2.45, 2.75) is 58.3 Å². The van der Waals surface area contributed by atoms with Gasteiger partial charge in [0.25, 0.3) is 0 Å². The van der Waals surface area contributed by atoms with Crippen molar-refractivity contribution in [3.63, 3.8) is 0 Å². The van der Waals surface area contributed by atoms with Crippen LogP contribution in [0, 0.1) is 6.92 Å². The molecule has 0 fully saturated rings. The first-order valence-electron chi connectivity index (χ1n) is 4.71. The molecule has 0 aromatic carbocycles. The van der Waals surface area contributed by atoms with E-state index in [1.165, 1.54) is 44.9 Å². The molecule has 0 aromatic rings. The summed E-state index contributed by atoms with van der Waals surface area (Å²) in [6.07, 6.45) is 10.9. The van der Waals surface area contributed by atoms with Gasteiger partial charge in [0.05, 0.1) is 0 Å². The van der Waals surface area contributed by atoms with Gasteiger partial charge < -0.3 is 0 Å². The zero-order valence-electron chi connectivity index (χ0n) is 7.36. The second-order valence-corrected chi connectivity index (χ2v) is 2.97. The average molecular weight is 189 g/mol. The van der Waals surface area contributed by atoms with Gasteiger partial charge in [-0.1, -0.05) is 65.2 Å². The van der Waals surface area contributed by atoms with E-state index in [2.05, 4.69) is 13.8 Å². The van der Waals surface area contributed by atoms with Crippen molar-refractivity contribution >= 4 is 59.1 Å². The third kappa shape index (κ3) is 17.9. The number of hydrogen-bond acceptors (Lipinski definition) is 0. The summed E-state index contributed by atoms with van der Waals surface area (Å²) in [7, 11) is 0. The van der Waals surface area contributed by atoms with Crippen molar-refractivity contribution in [3.8, 4) is 0 Å². The molecule has 0 aliphatic carbocycles. The first-order chi connectivity index (χ1) is 4.91. The minimum atomic E-state index is 0. The van der Waals surface area contributed by atoms with Crippen LogP contribution < -0.4 is 0 Å². The third-order valence-electron chi connectivity index (χ3n) is 1.85. The van der Waals surface area contributed by atoms with Crippen LogP contribution in [0.4, 0.5) is 0 Å². The molecule has 0 bridgehead atoms. The van der Waals surface area contributed by atoms with E-state index in [4.69, 9.17) is 0 Å². The molecule has 0 aliphatic heterocycles. The van der Waals surface area contributed by atoms with Crippen LogP contribution in [0.3, 0.4) is 0 Å². The molecule has 0 aliphatic rings. The molecule has 0 saturated heterocycles. The van der Waals surface area contributed by atoms with Crippen LogP contribution >= 0.6 is 0 Å². The molecule has 0 nitrogen and oxygen atoms in total. The van der Waals surface area contributed by atoms with Crippen molar-refractivity contribution in [1.29, 1.82) is 0 Å². The molecule has 0 aromatic heterocycles. The van der Waals surface area contributed by atoms with Gasteiger partial charge in [-0.2, -0.15) is 0 Å². The van der Waals surface area contributed by atoms with Gasteiger partial charge in [0.15, 0.2) is 0 Å². The predicted octanol–water partition coefficient (Wildman–Crippen LogP) is 2.66. The summed E-state index contributed by atoms with van der Waals surface area (Å²) in [4.78, 5) is 0. The fourth-order valence-corrected chi connectivity index (χ4v) is 1.13. The Kier molecular flexibility index (Phi) is 30.5. The number of hydrogen-bond donors (Lipinski definition) is 0. The second-order valence-electron chi connectivity index (χ2n) is 2.97. The molecular formula is C10H23Na2. The van der Waals surface area contributed by atoms with Crippen LogP contribution in [0.2, 0.25) is 0 Å². The fraction of sp³-hybridized carbons (Fsp3) is 0.900. The van der Waals surface area contributed by atoms with Gasteiger partial charge in [-0.25, -0.2) is 0 Å². The zero-order valence-corrected chi connectivity index (χ0v) is 7.36. The van der Waals surface area contributed by atoms with E-state index in [0.717, 1.165) is 6.42 Å². The van der Waals surface area contributed by atoms with Crippen molar-refractivity contribution in [1.82, 2.24) is 0 Å². The zero-order chi connectivity index (χ0) is 7.66. The van der Waals surface area contributed by atoms with E-state index < -0.39 is 0 Å². The van der Waals surface area contributed by atoms with Gasteiger partial charge in [-0.15, -0.1) is 0 Å². The Morgan fingerprint density at radius 3 is 1.58 bits per heavy atom. The fourth-order valence-electron chi connectivity index (χ4n) is 1.13. The standard InChI is InChI=1S/C10H21.2Na.2H/c1-3-5-7-9-10-8-6-4-2;;;;/h1,3-10H2,2H3;;;;. The van der Waals surface area contributed by atoms with Gasteiger partial charge in [0, 0.05) is 0 Å². The average Bonchev–Trinajstić information content (AvgIpc) is 1.97. The summed E-state index contributed by atoms with van der Waals surface area (Å²) < 4.78 is 0.